The van der Waals surface area contributed by atoms with Gasteiger partial charge in [-0.2, -0.15) is 5.10 Å². The van der Waals surface area contributed by atoms with Crippen molar-refractivity contribution in [1.82, 2.24) is 34.9 Å². The topological polar surface area (TPSA) is 138 Å². The third-order valence-electron chi connectivity index (χ3n) is 5.12. The molecule has 0 fully saturated rings. The predicted molar refractivity (Wildman–Crippen MR) is 118 cm³/mol. The fourth-order valence-electron chi connectivity index (χ4n) is 3.77. The van der Waals surface area contributed by atoms with Gasteiger partial charge in [0.15, 0.2) is 16.9 Å². The third kappa shape index (κ3) is 3.55. The molecule has 0 amide bonds. The lowest BCUT2D eigenvalue weighted by molar-refractivity contribution is 0.425. The first kappa shape index (κ1) is 19.7. The van der Waals surface area contributed by atoms with Crippen molar-refractivity contribution >= 4 is 11.2 Å². The average Bonchev–Trinajstić information content (AvgIpc) is 3.48. The molecule has 1 aromatic carbocycles. The molecule has 10 nitrogen and oxygen atoms in total. The maximum atomic E-state index is 12.5. The van der Waals surface area contributed by atoms with Crippen LogP contribution >= 0.6 is 0 Å². The number of nitrogens with zero attached hydrogens (tertiary/aromatic N) is 4. The van der Waals surface area contributed by atoms with Crippen LogP contribution in [0.3, 0.4) is 0 Å². The van der Waals surface area contributed by atoms with Gasteiger partial charge in [-0.05, 0) is 5.92 Å². The van der Waals surface area contributed by atoms with E-state index in [1.54, 1.807) is 6.20 Å². The molecule has 162 valence electrons. The van der Waals surface area contributed by atoms with Crippen LogP contribution in [0.15, 0.2) is 56.7 Å². The van der Waals surface area contributed by atoms with Crippen LogP contribution in [0.5, 0.6) is 0 Å². The Morgan fingerprint density at radius 2 is 1.94 bits per heavy atom. The van der Waals surface area contributed by atoms with E-state index in [0.717, 1.165) is 16.8 Å². The number of aromatic nitrogens is 7. The Bertz CT molecular complexity index is 1500. The van der Waals surface area contributed by atoms with Gasteiger partial charge in [0.05, 0.1) is 17.0 Å². The monoisotopic (exact) mass is 431 g/mol. The Hall–Kier alpha value is -4.21. The molecule has 0 atom stereocenters. The highest BCUT2D eigenvalue weighted by atomic mass is 16.5. The molecule has 0 aliphatic carbocycles. The molecule has 4 aromatic heterocycles. The molecule has 32 heavy (non-hydrogen) atoms. The van der Waals surface area contributed by atoms with Gasteiger partial charge in [-0.15, -0.1) is 0 Å². The van der Waals surface area contributed by atoms with E-state index in [9.17, 15) is 9.59 Å². The Morgan fingerprint density at radius 1 is 1.12 bits per heavy atom. The molecule has 4 heterocycles. The lowest BCUT2D eigenvalue weighted by Crippen LogP contribution is -2.23. The average molecular weight is 431 g/mol. The second-order valence-electron chi connectivity index (χ2n) is 8.02. The minimum absolute atomic E-state index is 0.245. The fraction of sp³-hybridized carbons (Fsp3) is 0.227. The van der Waals surface area contributed by atoms with Crippen molar-refractivity contribution in [3.8, 4) is 22.7 Å². The van der Waals surface area contributed by atoms with Crippen molar-refractivity contribution in [3.63, 3.8) is 0 Å². The van der Waals surface area contributed by atoms with E-state index in [1.807, 2.05) is 54.8 Å². The van der Waals surface area contributed by atoms with Crippen LogP contribution in [-0.2, 0) is 13.0 Å². The minimum Gasteiger partial charge on any atom is -0.356 e. The molecule has 10 heteroatoms. The van der Waals surface area contributed by atoms with Crippen LogP contribution < -0.4 is 11.2 Å². The quantitative estimate of drug-likeness (QED) is 0.378. The highest BCUT2D eigenvalue weighted by Gasteiger charge is 2.21. The van der Waals surface area contributed by atoms with Gasteiger partial charge in [0.1, 0.15) is 5.82 Å². The number of rotatable bonds is 6. The zero-order valence-corrected chi connectivity index (χ0v) is 17.5. The summed E-state index contributed by atoms with van der Waals surface area (Å²) >= 11 is 0. The summed E-state index contributed by atoms with van der Waals surface area (Å²) in [6, 6.07) is 11.6. The molecule has 3 N–H and O–H groups in total. The van der Waals surface area contributed by atoms with Gasteiger partial charge in [-0.1, -0.05) is 49.3 Å². The van der Waals surface area contributed by atoms with Gasteiger partial charge in [0, 0.05) is 30.8 Å². The highest BCUT2D eigenvalue weighted by molar-refractivity contribution is 5.77. The first-order valence-corrected chi connectivity index (χ1v) is 10.3. The van der Waals surface area contributed by atoms with Crippen LogP contribution in [0.4, 0.5) is 0 Å². The number of aromatic amines is 3. The van der Waals surface area contributed by atoms with Crippen molar-refractivity contribution in [2.75, 3.05) is 0 Å². The summed E-state index contributed by atoms with van der Waals surface area (Å²) in [6.07, 6.45) is 2.14. The number of hydrogen-bond donors (Lipinski definition) is 3. The normalized spacial score (nSPS) is 11.6. The smallest absolute Gasteiger partial charge is 0.327 e. The molecule has 0 saturated carbocycles. The second kappa shape index (κ2) is 7.80. The minimum atomic E-state index is -0.591. The van der Waals surface area contributed by atoms with Gasteiger partial charge in [-0.3, -0.25) is 19.9 Å². The highest BCUT2D eigenvalue weighted by Crippen LogP contribution is 2.27. The second-order valence-corrected chi connectivity index (χ2v) is 8.02. The summed E-state index contributed by atoms with van der Waals surface area (Å²) in [7, 11) is 0. The zero-order chi connectivity index (χ0) is 22.2. The van der Waals surface area contributed by atoms with E-state index in [2.05, 4.69) is 30.3 Å². The number of nitrogens with one attached hydrogen (secondary N) is 3. The van der Waals surface area contributed by atoms with E-state index < -0.39 is 11.2 Å². The zero-order valence-electron chi connectivity index (χ0n) is 17.5. The van der Waals surface area contributed by atoms with Crippen molar-refractivity contribution in [2.45, 2.75) is 26.8 Å². The number of fused-ring (bicyclic) bond motifs is 1. The fourth-order valence-corrected chi connectivity index (χ4v) is 3.77. The van der Waals surface area contributed by atoms with E-state index in [4.69, 9.17) is 4.52 Å². The lowest BCUT2D eigenvalue weighted by Gasteiger charge is -2.11. The first-order valence-electron chi connectivity index (χ1n) is 10.3. The van der Waals surface area contributed by atoms with Crippen molar-refractivity contribution in [3.05, 3.63) is 74.8 Å². The summed E-state index contributed by atoms with van der Waals surface area (Å²) in [5.41, 5.74) is 2.60. The van der Waals surface area contributed by atoms with E-state index in [-0.39, 0.29) is 11.6 Å². The van der Waals surface area contributed by atoms with Gasteiger partial charge in [0.2, 0.25) is 0 Å². The number of imidazole rings is 1. The van der Waals surface area contributed by atoms with Crippen LogP contribution in [-0.4, -0.2) is 34.9 Å². The first-order chi connectivity index (χ1) is 15.5. The molecule has 0 spiro atoms. The van der Waals surface area contributed by atoms with E-state index in [1.165, 1.54) is 0 Å². The Balaban J connectivity index is 1.56. The summed E-state index contributed by atoms with van der Waals surface area (Å²) in [5, 5.41) is 11.5. The summed E-state index contributed by atoms with van der Waals surface area (Å²) < 4.78 is 7.33. The van der Waals surface area contributed by atoms with E-state index >= 15 is 0 Å². The van der Waals surface area contributed by atoms with Crippen molar-refractivity contribution in [1.29, 1.82) is 0 Å². The lowest BCUT2D eigenvalue weighted by atomic mass is 10.1. The number of benzene rings is 1. The maximum absolute atomic E-state index is 12.5. The summed E-state index contributed by atoms with van der Waals surface area (Å²) in [6.45, 7) is 4.65. The maximum Gasteiger partial charge on any atom is 0.327 e. The number of H-pyrrole nitrogens is 3. The van der Waals surface area contributed by atoms with Gasteiger partial charge in [-0.25, -0.2) is 9.78 Å². The van der Waals surface area contributed by atoms with Gasteiger partial charge in [0.25, 0.3) is 5.56 Å². The van der Waals surface area contributed by atoms with Crippen molar-refractivity contribution in [2.24, 2.45) is 5.92 Å². The predicted octanol–water partition coefficient (Wildman–Crippen LogP) is 2.70. The van der Waals surface area contributed by atoms with Gasteiger partial charge >= 0.3 is 5.69 Å². The molecule has 5 rings (SSSR count). The molecular weight excluding hydrogens is 410 g/mol. The molecule has 0 radical (unpaired) electrons. The van der Waals surface area contributed by atoms with Crippen LogP contribution in [0.25, 0.3) is 33.9 Å². The van der Waals surface area contributed by atoms with Crippen LogP contribution in [0, 0.1) is 5.92 Å². The molecule has 0 unspecified atom stereocenters. The van der Waals surface area contributed by atoms with Gasteiger partial charge < -0.3 is 9.09 Å². The standard InChI is InChI=1S/C22H21N7O3/c1-12(2)11-29-18-19(25-22(31)26-21(18)30)24-20(29)15-10-23-27-16(15)8-14-9-17(32-28-14)13-6-4-3-5-7-13/h3-7,9-10,12H,8,11H2,1-2H3,(H,23,27)(H2,25,26,30,31). The van der Waals surface area contributed by atoms with Crippen LogP contribution in [0.2, 0.25) is 0 Å². The molecule has 0 aliphatic heterocycles. The largest absolute Gasteiger partial charge is 0.356 e. The molecular formula is C22H21N7O3. The Kier molecular flexibility index (Phi) is 4.81. The van der Waals surface area contributed by atoms with E-state index in [0.29, 0.717) is 35.8 Å². The van der Waals surface area contributed by atoms with Crippen LogP contribution in [0.1, 0.15) is 25.2 Å². The Labute approximate surface area is 181 Å². The third-order valence-corrected chi connectivity index (χ3v) is 5.12. The molecule has 0 aliphatic rings. The Morgan fingerprint density at radius 3 is 2.72 bits per heavy atom. The number of hydrogen-bond acceptors (Lipinski definition) is 6. The SMILES string of the molecule is CC(C)Cn1c(-c2c[nH]nc2Cc2cc(-c3ccccc3)on2)nc2[nH]c(=O)[nH]c(=O)c21. The molecule has 0 saturated heterocycles. The summed E-state index contributed by atoms with van der Waals surface area (Å²) in [4.78, 5) is 33.7. The van der Waals surface area contributed by atoms with Crippen molar-refractivity contribution < 1.29 is 4.52 Å². The molecule has 5 aromatic rings. The summed E-state index contributed by atoms with van der Waals surface area (Å²) in [5.74, 6) is 1.47. The molecule has 0 bridgehead atoms.